The molecule has 0 unspecified atom stereocenters. The van der Waals surface area contributed by atoms with Crippen LogP contribution in [0.5, 0.6) is 0 Å². The van der Waals surface area contributed by atoms with Gasteiger partial charge in [-0.05, 0) is 18.6 Å². The molecule has 2 aromatic heterocycles. The number of hydrogen-bond acceptors (Lipinski definition) is 6. The Morgan fingerprint density at radius 1 is 1.56 bits per heavy atom. The maximum absolute atomic E-state index is 8.46. The fourth-order valence-corrected chi connectivity index (χ4v) is 1.10. The largest absolute Gasteiger partial charge is 0.409 e. The maximum atomic E-state index is 8.46. The summed E-state index contributed by atoms with van der Waals surface area (Å²) in [6, 6.07) is 1.79. The highest BCUT2D eigenvalue weighted by Gasteiger charge is 2.07. The molecule has 0 aliphatic carbocycles. The molecule has 0 saturated carbocycles. The molecule has 0 radical (unpaired) electrons. The van der Waals surface area contributed by atoms with E-state index >= 15 is 0 Å². The molecule has 0 bridgehead atoms. The third kappa shape index (κ3) is 1.80. The van der Waals surface area contributed by atoms with Gasteiger partial charge in [0.25, 0.3) is 0 Å². The molecule has 0 saturated heterocycles. The van der Waals surface area contributed by atoms with Crippen LogP contribution in [-0.2, 0) is 0 Å². The second kappa shape index (κ2) is 3.93. The van der Waals surface area contributed by atoms with E-state index < -0.39 is 0 Å². The summed E-state index contributed by atoms with van der Waals surface area (Å²) < 4.78 is 1.40. The summed E-state index contributed by atoms with van der Waals surface area (Å²) >= 11 is 0. The minimum absolute atomic E-state index is 0.130. The Bertz CT molecular complexity index is 533. The molecule has 16 heavy (non-hydrogen) atoms. The van der Waals surface area contributed by atoms with Gasteiger partial charge >= 0.3 is 0 Å². The van der Waals surface area contributed by atoms with Crippen LogP contribution in [0.25, 0.3) is 5.82 Å². The molecule has 82 valence electrons. The SMILES string of the molecule is Cc1cnnc(-n2cnc(C(N)=NO)n2)c1. The van der Waals surface area contributed by atoms with Crippen molar-refractivity contribution in [3.05, 3.63) is 30.0 Å². The smallest absolute Gasteiger partial charge is 0.220 e. The molecule has 0 aliphatic heterocycles. The van der Waals surface area contributed by atoms with E-state index in [2.05, 4.69) is 25.4 Å². The Balaban J connectivity index is 2.39. The standard InChI is InChI=1S/C8H9N7O/c1-5-2-6(12-11-3-5)15-4-10-8(13-15)7(9)14-16/h2-4,16H,1H3,(H2,9,14). The van der Waals surface area contributed by atoms with Crippen molar-refractivity contribution in [1.29, 1.82) is 0 Å². The fourth-order valence-electron chi connectivity index (χ4n) is 1.10. The Kier molecular flexibility index (Phi) is 2.46. The summed E-state index contributed by atoms with van der Waals surface area (Å²) in [5, 5.41) is 22.9. The van der Waals surface area contributed by atoms with Crippen LogP contribution >= 0.6 is 0 Å². The van der Waals surface area contributed by atoms with Gasteiger partial charge in [-0.2, -0.15) is 5.10 Å². The molecule has 0 atom stereocenters. The molecule has 8 nitrogen and oxygen atoms in total. The van der Waals surface area contributed by atoms with Gasteiger partial charge < -0.3 is 10.9 Å². The van der Waals surface area contributed by atoms with Crippen molar-refractivity contribution < 1.29 is 5.21 Å². The number of nitrogens with two attached hydrogens (primary N) is 1. The second-order valence-electron chi connectivity index (χ2n) is 3.09. The third-order valence-corrected chi connectivity index (χ3v) is 1.84. The predicted octanol–water partition coefficient (Wildman–Crippen LogP) is -0.540. The molecule has 0 fully saturated rings. The molecular weight excluding hydrogens is 210 g/mol. The molecule has 2 aromatic rings. The first-order chi connectivity index (χ1) is 7.70. The first kappa shape index (κ1) is 10.0. The first-order valence-corrected chi connectivity index (χ1v) is 4.40. The minimum Gasteiger partial charge on any atom is -0.409 e. The fraction of sp³-hybridized carbons (Fsp3) is 0.125. The average molecular weight is 219 g/mol. The van der Waals surface area contributed by atoms with Crippen LogP contribution in [0, 0.1) is 6.92 Å². The molecule has 8 heteroatoms. The van der Waals surface area contributed by atoms with Crippen molar-refractivity contribution in [3.8, 4) is 5.82 Å². The van der Waals surface area contributed by atoms with Gasteiger partial charge in [0.2, 0.25) is 11.7 Å². The summed E-state index contributed by atoms with van der Waals surface area (Å²) in [6.45, 7) is 1.89. The highest BCUT2D eigenvalue weighted by atomic mass is 16.4. The highest BCUT2D eigenvalue weighted by Crippen LogP contribution is 2.03. The minimum atomic E-state index is -0.153. The monoisotopic (exact) mass is 219 g/mol. The van der Waals surface area contributed by atoms with E-state index in [1.54, 1.807) is 12.3 Å². The van der Waals surface area contributed by atoms with E-state index in [1.165, 1.54) is 11.0 Å². The molecule has 2 heterocycles. The van der Waals surface area contributed by atoms with Crippen molar-refractivity contribution in [1.82, 2.24) is 25.0 Å². The lowest BCUT2D eigenvalue weighted by atomic mass is 10.3. The third-order valence-electron chi connectivity index (χ3n) is 1.84. The summed E-state index contributed by atoms with van der Waals surface area (Å²) in [5.74, 6) is 0.495. The highest BCUT2D eigenvalue weighted by molar-refractivity contribution is 5.93. The van der Waals surface area contributed by atoms with Crippen molar-refractivity contribution in [3.63, 3.8) is 0 Å². The number of oxime groups is 1. The zero-order chi connectivity index (χ0) is 11.5. The summed E-state index contributed by atoms with van der Waals surface area (Å²) in [4.78, 5) is 3.86. The normalized spacial score (nSPS) is 11.7. The molecule has 0 aromatic carbocycles. The number of nitrogens with zero attached hydrogens (tertiary/aromatic N) is 6. The van der Waals surface area contributed by atoms with Gasteiger partial charge in [-0.3, -0.25) is 0 Å². The Morgan fingerprint density at radius 2 is 2.38 bits per heavy atom. The quantitative estimate of drug-likeness (QED) is 0.303. The van der Waals surface area contributed by atoms with Crippen LogP contribution in [0.2, 0.25) is 0 Å². The van der Waals surface area contributed by atoms with Crippen LogP contribution in [0.1, 0.15) is 11.4 Å². The van der Waals surface area contributed by atoms with Gasteiger partial charge in [0, 0.05) is 0 Å². The molecule has 3 N–H and O–H groups in total. The zero-order valence-corrected chi connectivity index (χ0v) is 8.44. The van der Waals surface area contributed by atoms with Crippen LogP contribution in [0.3, 0.4) is 0 Å². The van der Waals surface area contributed by atoms with Crippen molar-refractivity contribution in [2.45, 2.75) is 6.92 Å². The number of aromatic nitrogens is 5. The molecular formula is C8H9N7O. The van der Waals surface area contributed by atoms with Crippen LogP contribution in [0.15, 0.2) is 23.7 Å². The molecule has 0 spiro atoms. The number of amidine groups is 1. The van der Waals surface area contributed by atoms with E-state index in [9.17, 15) is 0 Å². The second-order valence-corrected chi connectivity index (χ2v) is 3.09. The van der Waals surface area contributed by atoms with Gasteiger partial charge in [0.05, 0.1) is 6.20 Å². The van der Waals surface area contributed by atoms with Gasteiger partial charge in [-0.25, -0.2) is 9.67 Å². The lowest BCUT2D eigenvalue weighted by Gasteiger charge is -1.97. The van der Waals surface area contributed by atoms with Crippen LogP contribution < -0.4 is 5.73 Å². The number of hydrogen-bond donors (Lipinski definition) is 2. The van der Waals surface area contributed by atoms with E-state index in [0.717, 1.165) is 5.56 Å². The maximum Gasteiger partial charge on any atom is 0.220 e. The van der Waals surface area contributed by atoms with Gasteiger partial charge in [0.1, 0.15) is 6.33 Å². The van der Waals surface area contributed by atoms with Gasteiger partial charge in [-0.15, -0.1) is 10.2 Å². The zero-order valence-electron chi connectivity index (χ0n) is 8.44. The van der Waals surface area contributed by atoms with E-state index in [1.807, 2.05) is 6.92 Å². The van der Waals surface area contributed by atoms with Crippen LogP contribution in [-0.4, -0.2) is 36.0 Å². The van der Waals surface area contributed by atoms with E-state index in [-0.39, 0.29) is 11.7 Å². The number of rotatable bonds is 2. The Labute approximate surface area is 90.4 Å². The van der Waals surface area contributed by atoms with E-state index in [0.29, 0.717) is 5.82 Å². The van der Waals surface area contributed by atoms with Crippen molar-refractivity contribution in [2.75, 3.05) is 0 Å². The molecule has 0 amide bonds. The van der Waals surface area contributed by atoms with Crippen molar-refractivity contribution in [2.24, 2.45) is 10.9 Å². The lowest BCUT2D eigenvalue weighted by molar-refractivity contribution is 0.318. The van der Waals surface area contributed by atoms with Crippen LogP contribution in [0.4, 0.5) is 0 Å². The Morgan fingerprint density at radius 3 is 3.06 bits per heavy atom. The molecule has 2 rings (SSSR count). The first-order valence-electron chi connectivity index (χ1n) is 4.40. The summed E-state index contributed by atoms with van der Waals surface area (Å²) in [6.07, 6.45) is 3.04. The summed E-state index contributed by atoms with van der Waals surface area (Å²) in [7, 11) is 0. The van der Waals surface area contributed by atoms with Gasteiger partial charge in [0.15, 0.2) is 5.82 Å². The van der Waals surface area contributed by atoms with Gasteiger partial charge in [-0.1, -0.05) is 5.16 Å². The van der Waals surface area contributed by atoms with E-state index in [4.69, 9.17) is 10.9 Å². The number of aryl methyl sites for hydroxylation is 1. The average Bonchev–Trinajstić information content (AvgIpc) is 2.77. The topological polar surface area (TPSA) is 115 Å². The summed E-state index contributed by atoms with van der Waals surface area (Å²) in [5.41, 5.74) is 6.29. The lowest BCUT2D eigenvalue weighted by Crippen LogP contribution is -2.15. The molecule has 0 aliphatic rings. The Hall–Kier alpha value is -2.51. The van der Waals surface area contributed by atoms with Crippen molar-refractivity contribution >= 4 is 5.84 Å². The predicted molar refractivity (Wildman–Crippen MR) is 54.2 cm³/mol.